The van der Waals surface area contributed by atoms with Gasteiger partial charge in [-0.25, -0.2) is 4.79 Å². The van der Waals surface area contributed by atoms with E-state index in [1.54, 1.807) is 26.6 Å². The smallest absolute Gasteiger partial charge is 0.342 e. The predicted molar refractivity (Wildman–Crippen MR) is 116 cm³/mol. The van der Waals surface area contributed by atoms with Crippen LogP contribution in [0, 0.1) is 6.92 Å². The van der Waals surface area contributed by atoms with Gasteiger partial charge in [-0.1, -0.05) is 17.7 Å². The normalized spacial score (nSPS) is 12.9. The molecule has 1 amide bonds. The highest BCUT2D eigenvalue weighted by atomic mass is 16.5. The number of pyridine rings is 1. The van der Waals surface area contributed by atoms with E-state index < -0.39 is 0 Å². The zero-order chi connectivity index (χ0) is 22.4. The van der Waals surface area contributed by atoms with Crippen LogP contribution in [-0.2, 0) is 29.1 Å². The third-order valence-corrected chi connectivity index (χ3v) is 5.44. The van der Waals surface area contributed by atoms with Crippen molar-refractivity contribution in [1.29, 1.82) is 0 Å². The van der Waals surface area contributed by atoms with Crippen molar-refractivity contribution in [2.45, 2.75) is 46.3 Å². The summed E-state index contributed by atoms with van der Waals surface area (Å²) in [5.41, 5.74) is 5.03. The molecule has 0 unspecified atom stereocenters. The number of carbonyl (C=O) groups excluding carboxylic acids is 2. The molecule has 0 bridgehead atoms. The number of allylic oxidation sites excluding steroid dienone is 2. The summed E-state index contributed by atoms with van der Waals surface area (Å²) in [7, 11) is 3.15. The lowest BCUT2D eigenvalue weighted by molar-refractivity contribution is -0.121. The van der Waals surface area contributed by atoms with Crippen LogP contribution in [0.1, 0.15) is 52.4 Å². The van der Waals surface area contributed by atoms with Gasteiger partial charge in [0.2, 0.25) is 5.91 Å². The summed E-state index contributed by atoms with van der Waals surface area (Å²) >= 11 is 0. The van der Waals surface area contributed by atoms with Crippen molar-refractivity contribution in [1.82, 2.24) is 10.3 Å². The predicted octanol–water partition coefficient (Wildman–Crippen LogP) is 3.66. The van der Waals surface area contributed by atoms with E-state index in [2.05, 4.69) is 10.3 Å². The van der Waals surface area contributed by atoms with Crippen molar-refractivity contribution in [2.24, 2.45) is 0 Å². The molecule has 7 nitrogen and oxygen atoms in total. The lowest BCUT2D eigenvalue weighted by Crippen LogP contribution is -2.22. The topological polar surface area (TPSA) is 86.8 Å². The van der Waals surface area contributed by atoms with Crippen LogP contribution in [-0.4, -0.2) is 31.1 Å². The van der Waals surface area contributed by atoms with Crippen LogP contribution in [0.2, 0.25) is 0 Å². The standard InChI is InChI=1S/C24H28N2O5/c1-15(8-10-20(27)26-13-17-6-5-11-25-12-17)7-9-18-22(29-3)16(2)19-14-31-24(28)21(19)23(18)30-4/h5-7,11-12H,8-10,13-14H2,1-4H3,(H,26,27)/b15-7+. The molecule has 0 atom stereocenters. The van der Waals surface area contributed by atoms with Crippen molar-refractivity contribution < 1.29 is 23.8 Å². The molecule has 31 heavy (non-hydrogen) atoms. The number of benzene rings is 1. The lowest BCUT2D eigenvalue weighted by atomic mass is 9.94. The van der Waals surface area contributed by atoms with Gasteiger partial charge < -0.3 is 19.5 Å². The number of methoxy groups -OCH3 is 2. The van der Waals surface area contributed by atoms with Gasteiger partial charge in [-0.05, 0) is 43.9 Å². The second-order valence-corrected chi connectivity index (χ2v) is 7.49. The van der Waals surface area contributed by atoms with Gasteiger partial charge in [-0.3, -0.25) is 9.78 Å². The van der Waals surface area contributed by atoms with Gasteiger partial charge in [-0.15, -0.1) is 0 Å². The number of amides is 1. The molecule has 0 saturated carbocycles. The van der Waals surface area contributed by atoms with Gasteiger partial charge in [0.05, 0.1) is 14.2 Å². The number of fused-ring (bicyclic) bond motifs is 1. The van der Waals surface area contributed by atoms with Gasteiger partial charge in [0.25, 0.3) is 0 Å². The van der Waals surface area contributed by atoms with Gasteiger partial charge in [0.1, 0.15) is 23.7 Å². The number of esters is 1. The molecule has 0 saturated heterocycles. The zero-order valence-electron chi connectivity index (χ0n) is 18.4. The number of nitrogens with one attached hydrogen (secondary N) is 1. The molecule has 0 fully saturated rings. The maximum atomic E-state index is 12.2. The minimum Gasteiger partial charge on any atom is -0.496 e. The number of carbonyl (C=O) groups is 2. The van der Waals surface area contributed by atoms with E-state index in [-0.39, 0.29) is 18.5 Å². The van der Waals surface area contributed by atoms with E-state index in [0.717, 1.165) is 27.8 Å². The highest BCUT2D eigenvalue weighted by molar-refractivity contribution is 5.98. The molecular weight excluding hydrogens is 396 g/mol. The summed E-state index contributed by atoms with van der Waals surface area (Å²) in [5.74, 6) is 0.818. The molecule has 1 aromatic carbocycles. The summed E-state index contributed by atoms with van der Waals surface area (Å²) in [6.07, 6.45) is 7.04. The Labute approximate surface area is 182 Å². The number of ether oxygens (including phenoxy) is 3. The number of cyclic esters (lactones) is 1. The zero-order valence-corrected chi connectivity index (χ0v) is 18.4. The maximum absolute atomic E-state index is 12.2. The van der Waals surface area contributed by atoms with E-state index in [1.807, 2.05) is 32.1 Å². The monoisotopic (exact) mass is 424 g/mol. The minimum absolute atomic E-state index is 0.0112. The van der Waals surface area contributed by atoms with Gasteiger partial charge in [-0.2, -0.15) is 0 Å². The second-order valence-electron chi connectivity index (χ2n) is 7.49. The van der Waals surface area contributed by atoms with Crippen LogP contribution in [0.5, 0.6) is 11.5 Å². The molecule has 2 heterocycles. The number of hydrogen-bond acceptors (Lipinski definition) is 6. The molecule has 1 N–H and O–H groups in total. The molecule has 0 radical (unpaired) electrons. The Kier molecular flexibility index (Phi) is 7.28. The van der Waals surface area contributed by atoms with E-state index in [0.29, 0.717) is 42.9 Å². The Morgan fingerprint density at radius 1 is 1.26 bits per heavy atom. The van der Waals surface area contributed by atoms with Crippen LogP contribution in [0.15, 0.2) is 36.2 Å². The van der Waals surface area contributed by atoms with Crippen LogP contribution in [0.4, 0.5) is 0 Å². The molecule has 1 aliphatic rings. The SMILES string of the molecule is COc1c(C)c2c(c(OC)c1C/C=C(\C)CCC(=O)NCc1cccnc1)C(=O)OC2. The number of nitrogens with zero attached hydrogens (tertiary/aromatic N) is 1. The molecule has 7 heteroatoms. The van der Waals surface area contributed by atoms with Gasteiger partial charge >= 0.3 is 5.97 Å². The summed E-state index contributed by atoms with van der Waals surface area (Å²) in [4.78, 5) is 28.4. The summed E-state index contributed by atoms with van der Waals surface area (Å²) in [6.45, 7) is 4.61. The van der Waals surface area contributed by atoms with Crippen LogP contribution in [0.3, 0.4) is 0 Å². The second kappa shape index (κ2) is 10.1. The Morgan fingerprint density at radius 3 is 2.71 bits per heavy atom. The van der Waals surface area contributed by atoms with Crippen molar-refractivity contribution in [3.05, 3.63) is 64.0 Å². The first-order valence-electron chi connectivity index (χ1n) is 10.2. The average molecular weight is 424 g/mol. The molecule has 3 rings (SSSR count). The van der Waals surface area contributed by atoms with E-state index in [9.17, 15) is 9.59 Å². The lowest BCUT2D eigenvalue weighted by Gasteiger charge is -2.18. The summed E-state index contributed by atoms with van der Waals surface area (Å²) < 4.78 is 16.4. The molecule has 0 aliphatic carbocycles. The highest BCUT2D eigenvalue weighted by Crippen LogP contribution is 2.42. The quantitative estimate of drug-likeness (QED) is 0.488. The molecule has 2 aromatic rings. The number of hydrogen-bond donors (Lipinski definition) is 1. The Morgan fingerprint density at radius 2 is 2.03 bits per heavy atom. The highest BCUT2D eigenvalue weighted by Gasteiger charge is 2.32. The van der Waals surface area contributed by atoms with E-state index >= 15 is 0 Å². The summed E-state index contributed by atoms with van der Waals surface area (Å²) in [5, 5.41) is 2.91. The third-order valence-electron chi connectivity index (χ3n) is 5.44. The van der Waals surface area contributed by atoms with Crippen LogP contribution < -0.4 is 14.8 Å². The van der Waals surface area contributed by atoms with Gasteiger partial charge in [0.15, 0.2) is 0 Å². The largest absolute Gasteiger partial charge is 0.496 e. The van der Waals surface area contributed by atoms with Crippen molar-refractivity contribution in [3.8, 4) is 11.5 Å². The third kappa shape index (κ3) is 5.05. The molecular formula is C24H28N2O5. The Bertz CT molecular complexity index is 999. The van der Waals surface area contributed by atoms with Crippen molar-refractivity contribution >= 4 is 11.9 Å². The van der Waals surface area contributed by atoms with Crippen LogP contribution >= 0.6 is 0 Å². The first-order chi connectivity index (χ1) is 15.0. The Balaban J connectivity index is 1.67. The molecule has 1 aromatic heterocycles. The van der Waals surface area contributed by atoms with E-state index in [4.69, 9.17) is 14.2 Å². The van der Waals surface area contributed by atoms with Crippen molar-refractivity contribution in [2.75, 3.05) is 14.2 Å². The maximum Gasteiger partial charge on any atom is 0.342 e. The van der Waals surface area contributed by atoms with Gasteiger partial charge in [0, 0.05) is 36.5 Å². The fourth-order valence-corrected chi connectivity index (χ4v) is 3.72. The average Bonchev–Trinajstić information content (AvgIpc) is 3.17. The van der Waals surface area contributed by atoms with E-state index in [1.165, 1.54) is 0 Å². The fraction of sp³-hybridized carbons (Fsp3) is 0.375. The number of aromatic nitrogens is 1. The summed E-state index contributed by atoms with van der Waals surface area (Å²) in [6, 6.07) is 3.77. The molecule has 0 spiro atoms. The van der Waals surface area contributed by atoms with Crippen molar-refractivity contribution in [3.63, 3.8) is 0 Å². The first kappa shape index (κ1) is 22.3. The number of rotatable bonds is 9. The minimum atomic E-state index is -0.371. The molecule has 164 valence electrons. The first-order valence-corrected chi connectivity index (χ1v) is 10.2. The van der Waals surface area contributed by atoms with Crippen LogP contribution in [0.25, 0.3) is 0 Å². The fourth-order valence-electron chi connectivity index (χ4n) is 3.72. The molecule has 1 aliphatic heterocycles. The Hall–Kier alpha value is -3.35.